The molecule has 2 fully saturated rings. The van der Waals surface area contributed by atoms with Gasteiger partial charge in [-0.3, -0.25) is 0 Å². The molecular formula is C52H43N3. The van der Waals surface area contributed by atoms with E-state index in [4.69, 9.17) is 15.0 Å². The van der Waals surface area contributed by atoms with Crippen molar-refractivity contribution < 1.29 is 0 Å². The Morgan fingerprint density at radius 3 is 1.87 bits per heavy atom. The van der Waals surface area contributed by atoms with Gasteiger partial charge in [0.05, 0.1) is 0 Å². The van der Waals surface area contributed by atoms with Gasteiger partial charge < -0.3 is 0 Å². The van der Waals surface area contributed by atoms with Crippen LogP contribution in [0.4, 0.5) is 0 Å². The Morgan fingerprint density at radius 2 is 1.09 bits per heavy atom. The molecule has 0 radical (unpaired) electrons. The predicted molar refractivity (Wildman–Crippen MR) is 227 cm³/mol. The van der Waals surface area contributed by atoms with Gasteiger partial charge in [0.1, 0.15) is 0 Å². The number of fused-ring (bicyclic) bond motifs is 11. The molecule has 3 nitrogen and oxygen atoms in total. The molecule has 5 atom stereocenters. The fraction of sp³-hybridized carbons (Fsp3) is 0.212. The van der Waals surface area contributed by atoms with Crippen LogP contribution in [0.25, 0.3) is 78.0 Å². The summed E-state index contributed by atoms with van der Waals surface area (Å²) in [4.78, 5) is 15.9. The fourth-order valence-corrected chi connectivity index (χ4v) is 11.4. The highest BCUT2D eigenvalue weighted by Crippen LogP contribution is 2.66. The normalized spacial score (nSPS) is 22.5. The van der Waals surface area contributed by atoms with E-state index >= 15 is 0 Å². The van der Waals surface area contributed by atoms with Gasteiger partial charge in [-0.2, -0.15) is 0 Å². The van der Waals surface area contributed by atoms with Gasteiger partial charge in [-0.15, -0.1) is 0 Å². The number of benzene rings is 7. The molecule has 1 heterocycles. The van der Waals surface area contributed by atoms with Crippen molar-refractivity contribution >= 4 is 21.5 Å². The molecule has 0 saturated heterocycles. The van der Waals surface area contributed by atoms with E-state index in [-0.39, 0.29) is 5.41 Å². The molecule has 3 heteroatoms. The van der Waals surface area contributed by atoms with E-state index < -0.39 is 0 Å². The van der Waals surface area contributed by atoms with Crippen LogP contribution in [0, 0.1) is 23.7 Å². The molecule has 1 spiro atoms. The SMILES string of the molecule is CC1CC2CC(C)C3(c4ccccc4-c4ccc5c(-c6nc(-c7ccccc7)nc(-c7ccc(-c8ccccc8)cc7)n6)c6ccccc6cc5c43)C(C1)C2. The predicted octanol–water partition coefficient (Wildman–Crippen LogP) is 13.2. The third-order valence-corrected chi connectivity index (χ3v) is 13.4. The van der Waals surface area contributed by atoms with Crippen LogP contribution in [0.1, 0.15) is 50.7 Å². The Kier molecular flexibility index (Phi) is 7.42. The smallest absolute Gasteiger partial charge is 0.165 e. The van der Waals surface area contributed by atoms with Crippen molar-refractivity contribution in [3.63, 3.8) is 0 Å². The second-order valence-corrected chi connectivity index (χ2v) is 16.6. The van der Waals surface area contributed by atoms with Crippen molar-refractivity contribution in [3.8, 4) is 56.4 Å². The molecule has 2 saturated carbocycles. The van der Waals surface area contributed by atoms with E-state index in [2.05, 4.69) is 159 Å². The van der Waals surface area contributed by atoms with E-state index in [9.17, 15) is 0 Å². The molecule has 55 heavy (non-hydrogen) atoms. The number of hydrogen-bond acceptors (Lipinski definition) is 3. The van der Waals surface area contributed by atoms with Gasteiger partial charge in [0.15, 0.2) is 17.5 Å². The molecule has 2 bridgehead atoms. The molecule has 0 N–H and O–H groups in total. The highest BCUT2D eigenvalue weighted by Gasteiger charge is 2.57. The van der Waals surface area contributed by atoms with Gasteiger partial charge in [0.2, 0.25) is 0 Å². The van der Waals surface area contributed by atoms with Crippen molar-refractivity contribution in [3.05, 3.63) is 163 Å². The maximum absolute atomic E-state index is 5.39. The maximum Gasteiger partial charge on any atom is 0.165 e. The second kappa shape index (κ2) is 12.6. The van der Waals surface area contributed by atoms with Gasteiger partial charge in [0, 0.05) is 22.1 Å². The molecule has 3 aliphatic rings. The molecule has 266 valence electrons. The number of nitrogens with zero attached hydrogens (tertiary/aromatic N) is 3. The Morgan fingerprint density at radius 1 is 0.473 bits per heavy atom. The first-order valence-corrected chi connectivity index (χ1v) is 20.1. The summed E-state index contributed by atoms with van der Waals surface area (Å²) < 4.78 is 0. The summed E-state index contributed by atoms with van der Waals surface area (Å²) in [7, 11) is 0. The van der Waals surface area contributed by atoms with Crippen molar-refractivity contribution in [2.75, 3.05) is 0 Å². The molecule has 8 aromatic rings. The van der Waals surface area contributed by atoms with Crippen LogP contribution in [-0.4, -0.2) is 15.0 Å². The first-order chi connectivity index (χ1) is 27.1. The standard InChI is InChI=1S/C52H43N3/c1-32-27-34-29-33(2)52(40(28-32)30-34)46-20-12-11-19-42(46)44-26-25-43-45(48(44)52)31-39-17-9-10-18-41(39)47(43)51-54-49(37-15-7-4-8-16-37)53-50(55-51)38-23-21-36(22-24-38)35-13-5-3-6-14-35/h3-26,31-34,40H,27-30H2,1-2H3. The number of rotatable bonds is 4. The number of aromatic nitrogens is 3. The molecule has 11 rings (SSSR count). The summed E-state index contributed by atoms with van der Waals surface area (Å²) in [5, 5.41) is 4.95. The quantitative estimate of drug-likeness (QED) is 0.171. The van der Waals surface area contributed by atoms with Crippen LogP contribution in [0.5, 0.6) is 0 Å². The van der Waals surface area contributed by atoms with Crippen LogP contribution in [-0.2, 0) is 5.41 Å². The van der Waals surface area contributed by atoms with Crippen molar-refractivity contribution in [1.29, 1.82) is 0 Å². The lowest BCUT2D eigenvalue weighted by molar-refractivity contribution is 0.0433. The molecule has 1 aromatic heterocycles. The molecule has 0 amide bonds. The van der Waals surface area contributed by atoms with Gasteiger partial charge in [-0.25, -0.2) is 15.0 Å². The lowest BCUT2D eigenvalue weighted by atomic mass is 9.49. The van der Waals surface area contributed by atoms with E-state index in [1.807, 2.05) is 6.07 Å². The average molecular weight is 710 g/mol. The summed E-state index contributed by atoms with van der Waals surface area (Å²) >= 11 is 0. The molecule has 7 aromatic carbocycles. The van der Waals surface area contributed by atoms with Gasteiger partial charge in [-0.05, 0) is 110 Å². The topological polar surface area (TPSA) is 38.7 Å². The van der Waals surface area contributed by atoms with Crippen molar-refractivity contribution in [2.45, 2.75) is 44.9 Å². The van der Waals surface area contributed by atoms with E-state index in [0.29, 0.717) is 29.3 Å². The van der Waals surface area contributed by atoms with Crippen molar-refractivity contribution in [2.24, 2.45) is 23.7 Å². The third-order valence-electron chi connectivity index (χ3n) is 13.4. The molecule has 3 aliphatic carbocycles. The zero-order chi connectivity index (χ0) is 36.7. The highest BCUT2D eigenvalue weighted by atomic mass is 15.0. The zero-order valence-corrected chi connectivity index (χ0v) is 31.4. The Labute approximate surface area is 323 Å². The first-order valence-electron chi connectivity index (χ1n) is 20.1. The minimum atomic E-state index is -0.0314. The van der Waals surface area contributed by atoms with Gasteiger partial charge >= 0.3 is 0 Å². The summed E-state index contributed by atoms with van der Waals surface area (Å²) in [5.74, 6) is 4.79. The Balaban J connectivity index is 1.18. The second-order valence-electron chi connectivity index (χ2n) is 16.6. The van der Waals surface area contributed by atoms with E-state index in [1.54, 1.807) is 5.56 Å². The molecule has 5 unspecified atom stereocenters. The lowest BCUT2D eigenvalue weighted by Gasteiger charge is -2.54. The Hall–Kier alpha value is -5.93. The van der Waals surface area contributed by atoms with Crippen LogP contribution >= 0.6 is 0 Å². The summed E-state index contributed by atoms with van der Waals surface area (Å²) in [5.41, 5.74) is 11.3. The van der Waals surface area contributed by atoms with E-state index in [1.165, 1.54) is 69.7 Å². The summed E-state index contributed by atoms with van der Waals surface area (Å²) in [6.45, 7) is 5.06. The molecular weight excluding hydrogens is 667 g/mol. The minimum Gasteiger partial charge on any atom is -0.208 e. The van der Waals surface area contributed by atoms with Crippen LogP contribution in [0.3, 0.4) is 0 Å². The molecule has 0 aliphatic heterocycles. The van der Waals surface area contributed by atoms with Gasteiger partial charge in [-0.1, -0.05) is 159 Å². The number of hydrogen-bond donors (Lipinski definition) is 0. The monoisotopic (exact) mass is 709 g/mol. The van der Waals surface area contributed by atoms with Crippen LogP contribution < -0.4 is 0 Å². The minimum absolute atomic E-state index is 0.0314. The fourth-order valence-electron chi connectivity index (χ4n) is 11.4. The third kappa shape index (κ3) is 4.98. The van der Waals surface area contributed by atoms with Crippen LogP contribution in [0.2, 0.25) is 0 Å². The largest absolute Gasteiger partial charge is 0.208 e. The summed E-state index contributed by atoms with van der Waals surface area (Å²) in [6.07, 6.45) is 5.26. The zero-order valence-electron chi connectivity index (χ0n) is 31.4. The van der Waals surface area contributed by atoms with Gasteiger partial charge in [0.25, 0.3) is 0 Å². The lowest BCUT2D eigenvalue weighted by Crippen LogP contribution is -2.49. The average Bonchev–Trinajstić information content (AvgIpc) is 3.54. The summed E-state index contributed by atoms with van der Waals surface area (Å²) in [6, 6.07) is 55.0. The highest BCUT2D eigenvalue weighted by molar-refractivity contribution is 6.15. The first kappa shape index (κ1) is 32.5. The van der Waals surface area contributed by atoms with Crippen LogP contribution in [0.15, 0.2) is 152 Å². The van der Waals surface area contributed by atoms with Crippen molar-refractivity contribution in [1.82, 2.24) is 15.0 Å². The Bertz CT molecular complexity index is 2750. The maximum atomic E-state index is 5.39. The van der Waals surface area contributed by atoms with E-state index in [0.717, 1.165) is 33.9 Å².